The smallest absolute Gasteiger partial charge is 0.251 e. The van der Waals surface area contributed by atoms with E-state index >= 15 is 0 Å². The second-order valence-corrected chi connectivity index (χ2v) is 9.01. The van der Waals surface area contributed by atoms with Crippen molar-refractivity contribution in [1.82, 2.24) is 9.62 Å². The molecular formula is C19H23ClN2O3S. The van der Waals surface area contributed by atoms with Gasteiger partial charge in [0.05, 0.1) is 10.9 Å². The first kappa shape index (κ1) is 20.4. The lowest BCUT2D eigenvalue weighted by Crippen LogP contribution is -2.28. The van der Waals surface area contributed by atoms with Crippen molar-refractivity contribution in [3.05, 3.63) is 63.7 Å². The number of aryl methyl sites for hydroxylation is 1. The molecule has 7 heteroatoms. The number of nitrogens with one attached hydrogen (secondary N) is 1. The summed E-state index contributed by atoms with van der Waals surface area (Å²) >= 11 is 6.00. The normalized spacial score (nSPS) is 12.9. The first-order valence-corrected chi connectivity index (χ1v) is 9.96. The topological polar surface area (TPSA) is 66.5 Å². The van der Waals surface area contributed by atoms with Crippen molar-refractivity contribution in [2.75, 3.05) is 14.1 Å². The second kappa shape index (κ2) is 7.78. The molecule has 0 aliphatic rings. The third kappa shape index (κ3) is 4.26. The van der Waals surface area contributed by atoms with E-state index in [9.17, 15) is 13.2 Å². The van der Waals surface area contributed by atoms with Gasteiger partial charge in [0, 0.05) is 24.7 Å². The summed E-state index contributed by atoms with van der Waals surface area (Å²) in [7, 11) is -0.696. The Labute approximate surface area is 160 Å². The molecule has 0 spiro atoms. The highest BCUT2D eigenvalue weighted by Crippen LogP contribution is 2.24. The fraction of sp³-hybridized carbons (Fsp3) is 0.316. The molecule has 0 radical (unpaired) electrons. The van der Waals surface area contributed by atoms with E-state index in [0.717, 1.165) is 15.4 Å². The van der Waals surface area contributed by atoms with Gasteiger partial charge in [-0.15, -0.1) is 0 Å². The van der Waals surface area contributed by atoms with Crippen LogP contribution < -0.4 is 5.32 Å². The van der Waals surface area contributed by atoms with E-state index in [1.807, 2.05) is 19.1 Å². The van der Waals surface area contributed by atoms with Crippen molar-refractivity contribution < 1.29 is 13.2 Å². The molecule has 0 saturated heterocycles. The molecule has 0 bridgehead atoms. The summed E-state index contributed by atoms with van der Waals surface area (Å²) in [6, 6.07) is 10.1. The number of carbonyl (C=O) groups excluding carboxylic acids is 1. The summed E-state index contributed by atoms with van der Waals surface area (Å²) in [5.74, 6) is -0.337. The Bertz CT molecular complexity index is 940. The second-order valence-electron chi connectivity index (χ2n) is 6.45. The zero-order chi connectivity index (χ0) is 19.6. The van der Waals surface area contributed by atoms with Crippen molar-refractivity contribution in [2.24, 2.45) is 0 Å². The molecule has 0 aromatic heterocycles. The molecule has 0 aliphatic heterocycles. The number of carbonyl (C=O) groups is 1. The Morgan fingerprint density at radius 1 is 1.15 bits per heavy atom. The van der Waals surface area contributed by atoms with Crippen molar-refractivity contribution >= 4 is 27.5 Å². The monoisotopic (exact) mass is 394 g/mol. The molecule has 1 atom stereocenters. The minimum Gasteiger partial charge on any atom is -0.346 e. The lowest BCUT2D eigenvalue weighted by molar-refractivity contribution is 0.0939. The lowest BCUT2D eigenvalue weighted by Gasteiger charge is -2.18. The summed E-state index contributed by atoms with van der Waals surface area (Å²) in [5, 5.41) is 3.48. The molecule has 0 aliphatic carbocycles. The number of benzene rings is 2. The maximum absolute atomic E-state index is 12.7. The third-order valence-electron chi connectivity index (χ3n) is 4.34. The number of sulfonamides is 1. The van der Waals surface area contributed by atoms with Crippen molar-refractivity contribution in [3.63, 3.8) is 0 Å². The van der Waals surface area contributed by atoms with Crippen LogP contribution in [-0.4, -0.2) is 32.7 Å². The molecule has 0 fully saturated rings. The van der Waals surface area contributed by atoms with Gasteiger partial charge >= 0.3 is 0 Å². The van der Waals surface area contributed by atoms with Gasteiger partial charge in [-0.3, -0.25) is 4.79 Å². The Hall–Kier alpha value is -1.89. The van der Waals surface area contributed by atoms with Gasteiger partial charge in [0.15, 0.2) is 0 Å². The summed E-state index contributed by atoms with van der Waals surface area (Å²) < 4.78 is 26.2. The van der Waals surface area contributed by atoms with Crippen LogP contribution in [-0.2, 0) is 10.0 Å². The number of amides is 1. The van der Waals surface area contributed by atoms with Crippen LogP contribution in [0.15, 0.2) is 41.3 Å². The fourth-order valence-electron chi connectivity index (χ4n) is 2.56. The van der Waals surface area contributed by atoms with E-state index in [1.165, 1.54) is 20.2 Å². The SMILES string of the molecule is Cc1cc(C(=O)NC(C)c2cccc(Cl)c2)cc(S(=O)(=O)N(C)C)c1C. The maximum atomic E-state index is 12.7. The number of halogens is 1. The molecule has 5 nitrogen and oxygen atoms in total. The molecule has 2 aromatic carbocycles. The minimum absolute atomic E-state index is 0.142. The molecule has 0 heterocycles. The molecule has 26 heavy (non-hydrogen) atoms. The quantitative estimate of drug-likeness (QED) is 0.840. The Balaban J connectivity index is 2.36. The molecule has 1 unspecified atom stereocenters. The van der Waals surface area contributed by atoms with Gasteiger partial charge in [-0.1, -0.05) is 23.7 Å². The van der Waals surface area contributed by atoms with Gasteiger partial charge in [0.2, 0.25) is 10.0 Å². The van der Waals surface area contributed by atoms with E-state index in [4.69, 9.17) is 11.6 Å². The maximum Gasteiger partial charge on any atom is 0.251 e. The number of hydrogen-bond donors (Lipinski definition) is 1. The lowest BCUT2D eigenvalue weighted by atomic mass is 10.0. The van der Waals surface area contributed by atoms with Gasteiger partial charge in [0.25, 0.3) is 5.91 Å². The largest absolute Gasteiger partial charge is 0.346 e. The Morgan fingerprint density at radius 3 is 2.38 bits per heavy atom. The first-order chi connectivity index (χ1) is 12.0. The highest BCUT2D eigenvalue weighted by molar-refractivity contribution is 7.89. The van der Waals surface area contributed by atoms with Crippen LogP contribution in [0.5, 0.6) is 0 Å². The van der Waals surface area contributed by atoms with Crippen molar-refractivity contribution in [3.8, 4) is 0 Å². The standard InChI is InChI=1S/C19H23ClN2O3S/c1-12-9-16(11-18(13(12)2)26(24,25)22(4)5)19(23)21-14(3)15-7-6-8-17(20)10-15/h6-11,14H,1-5H3,(H,21,23). The zero-order valence-electron chi connectivity index (χ0n) is 15.5. The minimum atomic E-state index is -3.64. The van der Waals surface area contributed by atoms with Crippen molar-refractivity contribution in [2.45, 2.75) is 31.7 Å². The van der Waals surface area contributed by atoms with Crippen molar-refractivity contribution in [1.29, 1.82) is 0 Å². The summed E-state index contributed by atoms with van der Waals surface area (Å²) in [6.07, 6.45) is 0. The highest BCUT2D eigenvalue weighted by atomic mass is 35.5. The predicted octanol–water partition coefficient (Wildman–Crippen LogP) is 3.70. The molecule has 140 valence electrons. The van der Waals surface area contributed by atoms with Crippen LogP contribution in [0.3, 0.4) is 0 Å². The van der Waals surface area contributed by atoms with Gasteiger partial charge in [-0.2, -0.15) is 0 Å². The van der Waals surface area contributed by atoms with Crippen LogP contribution in [0.2, 0.25) is 5.02 Å². The van der Waals surface area contributed by atoms with Gasteiger partial charge < -0.3 is 5.32 Å². The van der Waals surface area contributed by atoms with Crippen LogP contribution in [0.1, 0.15) is 40.0 Å². The van der Waals surface area contributed by atoms with Crippen LogP contribution in [0.25, 0.3) is 0 Å². The molecule has 2 rings (SSSR count). The summed E-state index contributed by atoms with van der Waals surface area (Å²) in [5.41, 5.74) is 2.56. The summed E-state index contributed by atoms with van der Waals surface area (Å²) in [6.45, 7) is 5.38. The summed E-state index contributed by atoms with van der Waals surface area (Å²) in [4.78, 5) is 12.8. The van der Waals surface area contributed by atoms with Gasteiger partial charge in [-0.05, 0) is 61.7 Å². The van der Waals surface area contributed by atoms with Gasteiger partial charge in [0.1, 0.15) is 0 Å². The molecule has 1 N–H and O–H groups in total. The number of rotatable bonds is 5. The molecule has 2 aromatic rings. The predicted molar refractivity (Wildman–Crippen MR) is 104 cm³/mol. The van der Waals surface area contributed by atoms with E-state index in [2.05, 4.69) is 5.32 Å². The van der Waals surface area contributed by atoms with Gasteiger partial charge in [-0.25, -0.2) is 12.7 Å². The average molecular weight is 395 g/mol. The Kier molecular flexibility index (Phi) is 6.11. The zero-order valence-corrected chi connectivity index (χ0v) is 17.1. The van der Waals surface area contributed by atoms with Crippen LogP contribution in [0, 0.1) is 13.8 Å². The molecular weight excluding hydrogens is 372 g/mol. The number of hydrogen-bond acceptors (Lipinski definition) is 3. The van der Waals surface area contributed by atoms with E-state index in [1.54, 1.807) is 32.0 Å². The molecule has 0 saturated carbocycles. The van der Waals surface area contributed by atoms with E-state index in [0.29, 0.717) is 16.1 Å². The van der Waals surface area contributed by atoms with Crippen LogP contribution >= 0.6 is 11.6 Å². The Morgan fingerprint density at radius 2 is 1.81 bits per heavy atom. The highest BCUT2D eigenvalue weighted by Gasteiger charge is 2.23. The van der Waals surface area contributed by atoms with E-state index in [-0.39, 0.29) is 16.8 Å². The average Bonchev–Trinajstić information content (AvgIpc) is 2.56. The fourth-order valence-corrected chi connectivity index (χ4v) is 3.98. The molecule has 1 amide bonds. The van der Waals surface area contributed by atoms with E-state index < -0.39 is 10.0 Å². The third-order valence-corrected chi connectivity index (χ3v) is 6.51. The van der Waals surface area contributed by atoms with Crippen LogP contribution in [0.4, 0.5) is 0 Å². The number of nitrogens with zero attached hydrogens (tertiary/aromatic N) is 1. The first-order valence-electron chi connectivity index (χ1n) is 8.14.